The third-order valence-electron chi connectivity index (χ3n) is 3.05. The summed E-state index contributed by atoms with van der Waals surface area (Å²) < 4.78 is 4.70. The van der Waals surface area contributed by atoms with Crippen LogP contribution < -0.4 is 11.1 Å². The van der Waals surface area contributed by atoms with Crippen LogP contribution >= 0.6 is 0 Å². The molecule has 0 aliphatic heterocycles. The number of benzene rings is 2. The summed E-state index contributed by atoms with van der Waals surface area (Å²) >= 11 is 0. The fourth-order valence-electron chi connectivity index (χ4n) is 1.94. The van der Waals surface area contributed by atoms with Crippen molar-refractivity contribution in [3.05, 3.63) is 59.7 Å². The number of anilines is 2. The van der Waals surface area contributed by atoms with Crippen molar-refractivity contribution in [2.75, 3.05) is 24.7 Å². The zero-order chi connectivity index (χ0) is 14.4. The van der Waals surface area contributed by atoms with E-state index < -0.39 is 0 Å². The number of hydrogen-bond acceptors (Lipinski definition) is 4. The smallest absolute Gasteiger partial charge is 0.337 e. The van der Waals surface area contributed by atoms with Crippen molar-refractivity contribution < 1.29 is 9.53 Å². The van der Waals surface area contributed by atoms with E-state index >= 15 is 0 Å². The molecule has 0 fully saturated rings. The molecule has 0 spiro atoms. The van der Waals surface area contributed by atoms with Crippen molar-refractivity contribution >= 4 is 17.3 Å². The lowest BCUT2D eigenvalue weighted by Gasteiger charge is -2.10. The lowest BCUT2D eigenvalue weighted by atomic mass is 10.1. The first-order valence-electron chi connectivity index (χ1n) is 6.46. The molecule has 2 aromatic rings. The average molecular weight is 270 g/mol. The lowest BCUT2D eigenvalue weighted by molar-refractivity contribution is 0.0601. The lowest BCUT2D eigenvalue weighted by Crippen LogP contribution is -2.09. The fraction of sp³-hybridized carbons (Fsp3) is 0.188. The van der Waals surface area contributed by atoms with Crippen LogP contribution in [-0.2, 0) is 11.2 Å². The molecule has 0 atom stereocenters. The number of ether oxygens (including phenoxy) is 1. The highest BCUT2D eigenvalue weighted by molar-refractivity contribution is 5.91. The van der Waals surface area contributed by atoms with Crippen LogP contribution in [0, 0.1) is 0 Å². The largest absolute Gasteiger partial charge is 0.465 e. The van der Waals surface area contributed by atoms with E-state index in [9.17, 15) is 4.79 Å². The Bertz CT molecular complexity index is 582. The van der Waals surface area contributed by atoms with E-state index in [0.717, 1.165) is 18.7 Å². The number of hydrogen-bond donors (Lipinski definition) is 2. The van der Waals surface area contributed by atoms with E-state index in [1.165, 1.54) is 12.7 Å². The third kappa shape index (κ3) is 3.51. The maximum absolute atomic E-state index is 11.5. The predicted molar refractivity (Wildman–Crippen MR) is 80.8 cm³/mol. The van der Waals surface area contributed by atoms with Crippen molar-refractivity contribution in [1.29, 1.82) is 0 Å². The Labute approximate surface area is 118 Å². The van der Waals surface area contributed by atoms with Gasteiger partial charge in [0.15, 0.2) is 0 Å². The molecule has 0 unspecified atom stereocenters. The Balaban J connectivity index is 2.00. The van der Waals surface area contributed by atoms with Crippen LogP contribution in [0.15, 0.2) is 48.5 Å². The van der Waals surface area contributed by atoms with Gasteiger partial charge in [0.1, 0.15) is 0 Å². The van der Waals surface area contributed by atoms with Crippen molar-refractivity contribution in [3.8, 4) is 0 Å². The minimum absolute atomic E-state index is 0.365. The van der Waals surface area contributed by atoms with Crippen molar-refractivity contribution in [2.45, 2.75) is 6.42 Å². The third-order valence-corrected chi connectivity index (χ3v) is 3.05. The maximum atomic E-state index is 11.5. The minimum Gasteiger partial charge on any atom is -0.465 e. The van der Waals surface area contributed by atoms with Crippen LogP contribution in [-0.4, -0.2) is 19.6 Å². The second-order valence-corrected chi connectivity index (χ2v) is 4.46. The van der Waals surface area contributed by atoms with E-state index in [1.54, 1.807) is 18.2 Å². The number of carbonyl (C=O) groups is 1. The first kappa shape index (κ1) is 13.9. The van der Waals surface area contributed by atoms with Gasteiger partial charge in [0.05, 0.1) is 24.0 Å². The van der Waals surface area contributed by atoms with Gasteiger partial charge in [-0.2, -0.15) is 0 Å². The first-order valence-corrected chi connectivity index (χ1v) is 6.46. The average Bonchev–Trinajstić information content (AvgIpc) is 2.49. The van der Waals surface area contributed by atoms with Gasteiger partial charge in [0.25, 0.3) is 0 Å². The molecule has 0 amide bonds. The second-order valence-electron chi connectivity index (χ2n) is 4.46. The summed E-state index contributed by atoms with van der Waals surface area (Å²) in [6, 6.07) is 15.3. The molecule has 0 aliphatic rings. The van der Waals surface area contributed by atoms with Crippen LogP contribution in [0.2, 0.25) is 0 Å². The Morgan fingerprint density at radius 3 is 2.65 bits per heavy atom. The number of methoxy groups -OCH3 is 1. The maximum Gasteiger partial charge on any atom is 0.337 e. The Morgan fingerprint density at radius 2 is 1.95 bits per heavy atom. The number of rotatable bonds is 5. The molecule has 104 valence electrons. The molecule has 4 nitrogen and oxygen atoms in total. The predicted octanol–water partition coefficient (Wildman–Crippen LogP) is 2.71. The zero-order valence-corrected chi connectivity index (χ0v) is 11.4. The van der Waals surface area contributed by atoms with E-state index in [4.69, 9.17) is 10.5 Å². The van der Waals surface area contributed by atoms with Gasteiger partial charge in [-0.05, 0) is 30.2 Å². The van der Waals surface area contributed by atoms with Gasteiger partial charge in [-0.3, -0.25) is 0 Å². The highest BCUT2D eigenvalue weighted by Crippen LogP contribution is 2.20. The van der Waals surface area contributed by atoms with Gasteiger partial charge in [-0.1, -0.05) is 30.3 Å². The normalized spacial score (nSPS) is 10.1. The summed E-state index contributed by atoms with van der Waals surface area (Å²) in [4.78, 5) is 11.5. The van der Waals surface area contributed by atoms with Gasteiger partial charge >= 0.3 is 5.97 Å². The number of carbonyl (C=O) groups excluding carboxylic acids is 1. The van der Waals surface area contributed by atoms with Crippen LogP contribution in [0.3, 0.4) is 0 Å². The van der Waals surface area contributed by atoms with E-state index in [1.807, 2.05) is 18.2 Å². The number of nitrogens with one attached hydrogen (secondary N) is 1. The van der Waals surface area contributed by atoms with Crippen molar-refractivity contribution in [2.24, 2.45) is 0 Å². The molecule has 0 bridgehead atoms. The van der Waals surface area contributed by atoms with Crippen LogP contribution in [0.5, 0.6) is 0 Å². The summed E-state index contributed by atoms with van der Waals surface area (Å²) in [6.45, 7) is 0.749. The second kappa shape index (κ2) is 6.61. The van der Waals surface area contributed by atoms with Crippen LogP contribution in [0.25, 0.3) is 0 Å². The molecule has 0 saturated heterocycles. The van der Waals surface area contributed by atoms with Crippen LogP contribution in [0.4, 0.5) is 11.4 Å². The van der Waals surface area contributed by atoms with E-state index in [2.05, 4.69) is 17.4 Å². The first-order chi connectivity index (χ1) is 9.70. The molecule has 0 heterocycles. The summed E-state index contributed by atoms with van der Waals surface area (Å²) in [6.07, 6.45) is 0.892. The van der Waals surface area contributed by atoms with E-state index in [0.29, 0.717) is 11.3 Å². The molecule has 4 heteroatoms. The van der Waals surface area contributed by atoms with E-state index in [-0.39, 0.29) is 5.97 Å². The van der Waals surface area contributed by atoms with Crippen molar-refractivity contribution in [1.82, 2.24) is 0 Å². The Morgan fingerprint density at radius 1 is 1.20 bits per heavy atom. The van der Waals surface area contributed by atoms with Crippen LogP contribution in [0.1, 0.15) is 15.9 Å². The summed E-state index contributed by atoms with van der Waals surface area (Å²) in [7, 11) is 1.36. The summed E-state index contributed by atoms with van der Waals surface area (Å²) in [5.41, 5.74) is 9.01. The highest BCUT2D eigenvalue weighted by atomic mass is 16.5. The molecule has 20 heavy (non-hydrogen) atoms. The van der Waals surface area contributed by atoms with Gasteiger partial charge in [-0.25, -0.2) is 4.79 Å². The minimum atomic E-state index is -0.365. The molecule has 0 radical (unpaired) electrons. The Kier molecular flexibility index (Phi) is 4.60. The monoisotopic (exact) mass is 270 g/mol. The molecule has 0 aliphatic carbocycles. The molecule has 0 saturated carbocycles. The molecule has 2 rings (SSSR count). The summed E-state index contributed by atoms with van der Waals surface area (Å²) in [5, 5.41) is 3.25. The molecule has 0 aromatic heterocycles. The zero-order valence-electron chi connectivity index (χ0n) is 11.4. The standard InChI is InChI=1S/C16H18N2O2/c1-20-16(19)13-7-8-14(17)15(11-13)18-10-9-12-5-3-2-4-6-12/h2-8,11,18H,9-10,17H2,1H3. The fourth-order valence-corrected chi connectivity index (χ4v) is 1.94. The van der Waals surface area contributed by atoms with Gasteiger partial charge in [-0.15, -0.1) is 0 Å². The van der Waals surface area contributed by atoms with Gasteiger partial charge < -0.3 is 15.8 Å². The molecular weight excluding hydrogens is 252 g/mol. The van der Waals surface area contributed by atoms with Gasteiger partial charge in [0.2, 0.25) is 0 Å². The highest BCUT2D eigenvalue weighted by Gasteiger charge is 2.08. The molecular formula is C16H18N2O2. The van der Waals surface area contributed by atoms with Crippen molar-refractivity contribution in [3.63, 3.8) is 0 Å². The number of nitrogens with two attached hydrogens (primary N) is 1. The topological polar surface area (TPSA) is 64.3 Å². The number of nitrogen functional groups attached to an aromatic ring is 1. The molecule has 3 N–H and O–H groups in total. The SMILES string of the molecule is COC(=O)c1ccc(N)c(NCCc2ccccc2)c1. The summed E-state index contributed by atoms with van der Waals surface area (Å²) in [5.74, 6) is -0.365. The quantitative estimate of drug-likeness (QED) is 0.647. The van der Waals surface area contributed by atoms with Gasteiger partial charge in [0, 0.05) is 6.54 Å². The molecule has 2 aromatic carbocycles. The Hall–Kier alpha value is -2.49. The number of esters is 1.